The third kappa shape index (κ3) is 11.6. The Hall–Kier alpha value is -0.700. The molecule has 0 spiro atoms. The third-order valence-electron chi connectivity index (χ3n) is 2.86. The van der Waals surface area contributed by atoms with Crippen LogP contribution in [-0.4, -0.2) is 11.6 Å². The minimum absolute atomic E-state index is 0.696. The standard InChI is InChI=1S/C14H31N3/c1-4-5-6-7-8-11-17(16)12-14(15)10-9-13(2)3/h12-13H,4-11,15-16H2,1-3H3/b14-12-. The van der Waals surface area contributed by atoms with E-state index in [0.717, 1.165) is 31.5 Å². The highest BCUT2D eigenvalue weighted by atomic mass is 15.4. The van der Waals surface area contributed by atoms with Crippen molar-refractivity contribution in [2.45, 2.75) is 65.7 Å². The number of hydrazine groups is 1. The Bertz CT molecular complexity index is 200. The second-order valence-electron chi connectivity index (χ2n) is 5.29. The van der Waals surface area contributed by atoms with E-state index < -0.39 is 0 Å². The fraction of sp³-hybridized carbons (Fsp3) is 0.857. The van der Waals surface area contributed by atoms with Gasteiger partial charge in [-0.25, -0.2) is 5.84 Å². The van der Waals surface area contributed by atoms with Crippen molar-refractivity contribution >= 4 is 0 Å². The number of hydrogen-bond acceptors (Lipinski definition) is 3. The Labute approximate surface area is 107 Å². The number of nitrogens with zero attached hydrogens (tertiary/aromatic N) is 1. The van der Waals surface area contributed by atoms with Gasteiger partial charge >= 0.3 is 0 Å². The van der Waals surface area contributed by atoms with Gasteiger partial charge < -0.3 is 10.7 Å². The van der Waals surface area contributed by atoms with Crippen LogP contribution in [0.2, 0.25) is 0 Å². The van der Waals surface area contributed by atoms with Crippen molar-refractivity contribution in [1.29, 1.82) is 0 Å². The summed E-state index contributed by atoms with van der Waals surface area (Å²) in [5, 5.41) is 1.74. The topological polar surface area (TPSA) is 55.3 Å². The predicted octanol–water partition coefficient (Wildman–Crippen LogP) is 3.37. The van der Waals surface area contributed by atoms with E-state index in [1.807, 2.05) is 6.20 Å². The van der Waals surface area contributed by atoms with Crippen molar-refractivity contribution in [3.05, 3.63) is 11.9 Å². The summed E-state index contributed by atoms with van der Waals surface area (Å²) in [4.78, 5) is 0. The summed E-state index contributed by atoms with van der Waals surface area (Å²) >= 11 is 0. The number of hydrogen-bond donors (Lipinski definition) is 2. The number of nitrogens with two attached hydrogens (primary N) is 2. The molecule has 0 aliphatic rings. The Morgan fingerprint density at radius 3 is 2.41 bits per heavy atom. The molecule has 0 aliphatic carbocycles. The van der Waals surface area contributed by atoms with Crippen LogP contribution in [0.5, 0.6) is 0 Å². The van der Waals surface area contributed by atoms with Crippen LogP contribution in [-0.2, 0) is 0 Å². The minimum atomic E-state index is 0.696. The van der Waals surface area contributed by atoms with Crippen molar-refractivity contribution in [1.82, 2.24) is 5.01 Å². The lowest BCUT2D eigenvalue weighted by Crippen LogP contribution is -2.27. The van der Waals surface area contributed by atoms with E-state index in [2.05, 4.69) is 20.8 Å². The normalized spacial score (nSPS) is 12.2. The first-order valence-corrected chi connectivity index (χ1v) is 7.03. The zero-order chi connectivity index (χ0) is 13.1. The quantitative estimate of drug-likeness (QED) is 0.350. The molecule has 3 nitrogen and oxygen atoms in total. The van der Waals surface area contributed by atoms with Crippen LogP contribution >= 0.6 is 0 Å². The van der Waals surface area contributed by atoms with Crippen LogP contribution in [0, 0.1) is 5.92 Å². The van der Waals surface area contributed by atoms with E-state index in [9.17, 15) is 0 Å². The maximum absolute atomic E-state index is 5.91. The lowest BCUT2D eigenvalue weighted by atomic mass is 10.1. The van der Waals surface area contributed by atoms with Crippen LogP contribution in [0.1, 0.15) is 65.7 Å². The molecule has 3 heteroatoms. The first-order chi connectivity index (χ1) is 8.06. The van der Waals surface area contributed by atoms with Gasteiger partial charge in [0.1, 0.15) is 0 Å². The van der Waals surface area contributed by atoms with Gasteiger partial charge in [0.05, 0.1) is 0 Å². The summed E-state index contributed by atoms with van der Waals surface area (Å²) in [6.07, 6.45) is 10.3. The lowest BCUT2D eigenvalue weighted by Gasteiger charge is -2.15. The predicted molar refractivity (Wildman–Crippen MR) is 76.0 cm³/mol. The maximum Gasteiger partial charge on any atom is 0.0342 e. The first kappa shape index (κ1) is 16.3. The zero-order valence-electron chi connectivity index (χ0n) is 11.9. The molecule has 0 saturated heterocycles. The van der Waals surface area contributed by atoms with Gasteiger partial charge in [-0.2, -0.15) is 0 Å². The average Bonchev–Trinajstić information content (AvgIpc) is 2.26. The van der Waals surface area contributed by atoms with Crippen LogP contribution in [0.4, 0.5) is 0 Å². The van der Waals surface area contributed by atoms with Crippen molar-refractivity contribution in [2.24, 2.45) is 17.5 Å². The van der Waals surface area contributed by atoms with Crippen LogP contribution in [0.25, 0.3) is 0 Å². The molecule has 0 saturated carbocycles. The highest BCUT2D eigenvalue weighted by Crippen LogP contribution is 2.08. The Balaban J connectivity index is 3.60. The van der Waals surface area contributed by atoms with Gasteiger partial charge in [-0.05, 0) is 25.2 Å². The minimum Gasteiger partial charge on any atom is -0.401 e. The SMILES string of the molecule is CCCCCCCN(N)/C=C(\N)CCC(C)C. The molecular weight excluding hydrogens is 210 g/mol. The molecule has 17 heavy (non-hydrogen) atoms. The monoisotopic (exact) mass is 241 g/mol. The molecule has 0 aliphatic heterocycles. The van der Waals surface area contributed by atoms with Crippen molar-refractivity contribution in [3.8, 4) is 0 Å². The number of rotatable bonds is 10. The molecule has 4 N–H and O–H groups in total. The fourth-order valence-electron chi connectivity index (χ4n) is 1.70. The summed E-state index contributed by atoms with van der Waals surface area (Å²) in [6, 6.07) is 0. The second-order valence-corrected chi connectivity index (χ2v) is 5.29. The van der Waals surface area contributed by atoms with Gasteiger partial charge in [0.25, 0.3) is 0 Å². The summed E-state index contributed by atoms with van der Waals surface area (Å²) in [6.45, 7) is 7.56. The van der Waals surface area contributed by atoms with E-state index in [4.69, 9.17) is 11.6 Å². The van der Waals surface area contributed by atoms with Crippen LogP contribution in [0.15, 0.2) is 11.9 Å². The Morgan fingerprint density at radius 2 is 1.82 bits per heavy atom. The molecule has 0 fully saturated rings. The molecule has 0 aromatic carbocycles. The van der Waals surface area contributed by atoms with Gasteiger partial charge in [0, 0.05) is 18.4 Å². The number of allylic oxidation sites excluding steroid dienone is 1. The summed E-state index contributed by atoms with van der Waals surface area (Å²) in [5.74, 6) is 6.57. The van der Waals surface area contributed by atoms with Gasteiger partial charge in [0.15, 0.2) is 0 Å². The molecule has 0 atom stereocenters. The summed E-state index contributed by atoms with van der Waals surface area (Å²) in [7, 11) is 0. The fourth-order valence-corrected chi connectivity index (χ4v) is 1.70. The second kappa shape index (κ2) is 10.5. The zero-order valence-corrected chi connectivity index (χ0v) is 11.9. The smallest absolute Gasteiger partial charge is 0.0342 e. The average molecular weight is 241 g/mol. The first-order valence-electron chi connectivity index (χ1n) is 7.03. The summed E-state index contributed by atoms with van der Waals surface area (Å²) in [5.41, 5.74) is 6.81. The molecule has 0 aromatic rings. The number of unbranched alkanes of at least 4 members (excludes halogenated alkanes) is 4. The van der Waals surface area contributed by atoms with Crippen molar-refractivity contribution < 1.29 is 0 Å². The van der Waals surface area contributed by atoms with Crippen LogP contribution < -0.4 is 11.6 Å². The molecular formula is C14H31N3. The van der Waals surface area contributed by atoms with Gasteiger partial charge in [-0.1, -0.05) is 46.5 Å². The molecule has 0 rings (SSSR count). The molecule has 0 unspecified atom stereocenters. The molecule has 0 heterocycles. The van der Waals surface area contributed by atoms with Gasteiger partial charge in [-0.3, -0.25) is 0 Å². The van der Waals surface area contributed by atoms with E-state index >= 15 is 0 Å². The van der Waals surface area contributed by atoms with Gasteiger partial charge in [-0.15, -0.1) is 0 Å². The van der Waals surface area contributed by atoms with E-state index in [1.54, 1.807) is 5.01 Å². The largest absolute Gasteiger partial charge is 0.401 e. The molecule has 0 amide bonds. The van der Waals surface area contributed by atoms with E-state index in [-0.39, 0.29) is 0 Å². The van der Waals surface area contributed by atoms with E-state index in [0.29, 0.717) is 5.92 Å². The maximum atomic E-state index is 5.91. The third-order valence-corrected chi connectivity index (χ3v) is 2.86. The van der Waals surface area contributed by atoms with Crippen molar-refractivity contribution in [2.75, 3.05) is 6.54 Å². The highest BCUT2D eigenvalue weighted by Gasteiger charge is 1.99. The van der Waals surface area contributed by atoms with Crippen molar-refractivity contribution in [3.63, 3.8) is 0 Å². The molecule has 102 valence electrons. The van der Waals surface area contributed by atoms with Gasteiger partial charge in [0.2, 0.25) is 0 Å². The Morgan fingerprint density at radius 1 is 1.18 bits per heavy atom. The van der Waals surface area contributed by atoms with E-state index in [1.165, 1.54) is 25.7 Å². The lowest BCUT2D eigenvalue weighted by molar-refractivity contribution is 0.372. The Kier molecular flexibility index (Phi) is 10.0. The highest BCUT2D eigenvalue weighted by molar-refractivity contribution is 4.94. The summed E-state index contributed by atoms with van der Waals surface area (Å²) < 4.78 is 0. The molecule has 0 radical (unpaired) electrons. The van der Waals surface area contributed by atoms with Crippen LogP contribution in [0.3, 0.4) is 0 Å². The molecule has 0 aromatic heterocycles. The molecule has 0 bridgehead atoms.